The smallest absolute Gasteiger partial charge is 0.169 e. The van der Waals surface area contributed by atoms with E-state index in [0.717, 1.165) is 36.5 Å². The van der Waals surface area contributed by atoms with E-state index in [1.54, 1.807) is 6.07 Å². The molecule has 1 aromatic carbocycles. The molecule has 0 radical (unpaired) electrons. The van der Waals surface area contributed by atoms with Gasteiger partial charge < -0.3 is 9.73 Å². The van der Waals surface area contributed by atoms with Gasteiger partial charge in [-0.2, -0.15) is 0 Å². The largest absolute Gasteiger partial charge is 0.456 e. The minimum absolute atomic E-state index is 0.215. The van der Waals surface area contributed by atoms with Crippen LogP contribution in [-0.2, 0) is 0 Å². The monoisotopic (exact) mass is 275 g/mol. The molecule has 0 saturated heterocycles. The Labute approximate surface area is 119 Å². The second-order valence-corrected chi connectivity index (χ2v) is 5.85. The zero-order valence-corrected chi connectivity index (χ0v) is 12.0. The summed E-state index contributed by atoms with van der Waals surface area (Å²) in [7, 11) is 0. The molecular weight excluding hydrogens is 253 g/mol. The van der Waals surface area contributed by atoms with Crippen LogP contribution in [0.25, 0.3) is 11.0 Å². The molecule has 1 heterocycles. The lowest BCUT2D eigenvalue weighted by atomic mass is 9.80. The molecule has 3 rings (SSSR count). The highest BCUT2D eigenvalue weighted by atomic mass is 19.1. The zero-order chi connectivity index (χ0) is 13.9. The van der Waals surface area contributed by atoms with Crippen LogP contribution in [0, 0.1) is 11.7 Å². The first-order valence-electron chi connectivity index (χ1n) is 7.69. The molecule has 1 fully saturated rings. The molecule has 0 aliphatic heterocycles. The minimum Gasteiger partial charge on any atom is -0.456 e. The van der Waals surface area contributed by atoms with Crippen LogP contribution >= 0.6 is 0 Å². The van der Waals surface area contributed by atoms with Gasteiger partial charge in [-0.25, -0.2) is 4.39 Å². The molecule has 1 aliphatic rings. The maximum Gasteiger partial charge on any atom is 0.169 e. The minimum atomic E-state index is -0.272. The maximum absolute atomic E-state index is 13.7. The van der Waals surface area contributed by atoms with Gasteiger partial charge in [0.1, 0.15) is 5.76 Å². The van der Waals surface area contributed by atoms with Gasteiger partial charge in [0.2, 0.25) is 0 Å². The number of hydrogen-bond acceptors (Lipinski definition) is 2. The van der Waals surface area contributed by atoms with E-state index in [2.05, 4.69) is 12.2 Å². The van der Waals surface area contributed by atoms with Crippen molar-refractivity contribution in [3.8, 4) is 0 Å². The number of para-hydroxylation sites is 1. The van der Waals surface area contributed by atoms with Crippen LogP contribution in [0.1, 0.15) is 50.8 Å². The molecule has 2 nitrogen and oxygen atoms in total. The summed E-state index contributed by atoms with van der Waals surface area (Å²) in [5, 5.41) is 4.41. The lowest BCUT2D eigenvalue weighted by molar-refractivity contribution is 0.248. The standard InChI is InChI=1S/C17H22FNO/c1-2-9-19-15(10-12-5-3-6-12)16-11-13-7-4-8-14(18)17(13)20-16/h4,7-8,11-12,15,19H,2-3,5-6,9-10H2,1H3. The average molecular weight is 275 g/mol. The maximum atomic E-state index is 13.7. The molecular formula is C17H22FNO. The summed E-state index contributed by atoms with van der Waals surface area (Å²) < 4.78 is 19.5. The second kappa shape index (κ2) is 5.96. The van der Waals surface area contributed by atoms with Gasteiger partial charge in [-0.1, -0.05) is 38.3 Å². The summed E-state index contributed by atoms with van der Waals surface area (Å²) in [5.74, 6) is 1.40. The lowest BCUT2D eigenvalue weighted by Gasteiger charge is -2.29. The fourth-order valence-corrected chi connectivity index (χ4v) is 2.90. The first-order chi connectivity index (χ1) is 9.78. The number of benzene rings is 1. The molecule has 0 bridgehead atoms. The Hall–Kier alpha value is -1.35. The van der Waals surface area contributed by atoms with E-state index in [4.69, 9.17) is 4.42 Å². The van der Waals surface area contributed by atoms with Gasteiger partial charge in [-0.3, -0.25) is 0 Å². The van der Waals surface area contributed by atoms with Crippen LogP contribution in [0.4, 0.5) is 4.39 Å². The zero-order valence-electron chi connectivity index (χ0n) is 12.0. The van der Waals surface area contributed by atoms with Crippen molar-refractivity contribution in [2.75, 3.05) is 6.54 Å². The molecule has 1 N–H and O–H groups in total. The van der Waals surface area contributed by atoms with Crippen molar-refractivity contribution in [3.05, 3.63) is 35.8 Å². The topological polar surface area (TPSA) is 25.2 Å². The van der Waals surface area contributed by atoms with Crippen molar-refractivity contribution >= 4 is 11.0 Å². The molecule has 1 atom stereocenters. The highest BCUT2D eigenvalue weighted by Crippen LogP contribution is 2.36. The van der Waals surface area contributed by atoms with Gasteiger partial charge in [0.25, 0.3) is 0 Å². The van der Waals surface area contributed by atoms with Crippen molar-refractivity contribution in [1.82, 2.24) is 5.32 Å². The van der Waals surface area contributed by atoms with Gasteiger partial charge in [0.05, 0.1) is 6.04 Å². The normalized spacial score (nSPS) is 17.3. The Kier molecular flexibility index (Phi) is 4.06. The predicted octanol–water partition coefficient (Wildman–Crippen LogP) is 4.80. The molecule has 2 aromatic rings. The Morgan fingerprint density at radius 2 is 2.25 bits per heavy atom. The van der Waals surface area contributed by atoms with E-state index < -0.39 is 0 Å². The van der Waals surface area contributed by atoms with Crippen LogP contribution in [0.15, 0.2) is 28.7 Å². The third kappa shape index (κ3) is 2.73. The van der Waals surface area contributed by atoms with E-state index in [0.29, 0.717) is 5.58 Å². The van der Waals surface area contributed by atoms with Gasteiger partial charge in [0, 0.05) is 5.39 Å². The SMILES string of the molecule is CCCNC(CC1CCC1)c1cc2cccc(F)c2o1. The van der Waals surface area contributed by atoms with Crippen molar-refractivity contribution in [1.29, 1.82) is 0 Å². The number of halogens is 1. The summed E-state index contributed by atoms with van der Waals surface area (Å²) in [5.41, 5.74) is 0.388. The Morgan fingerprint density at radius 1 is 1.40 bits per heavy atom. The highest BCUT2D eigenvalue weighted by Gasteiger charge is 2.25. The van der Waals surface area contributed by atoms with Crippen LogP contribution in [-0.4, -0.2) is 6.54 Å². The summed E-state index contributed by atoms with van der Waals surface area (Å²) >= 11 is 0. The third-order valence-corrected chi connectivity index (χ3v) is 4.29. The predicted molar refractivity (Wildman–Crippen MR) is 79.2 cm³/mol. The Balaban J connectivity index is 1.84. The Bertz CT molecular complexity index is 573. The van der Waals surface area contributed by atoms with Gasteiger partial charge in [-0.05, 0) is 37.4 Å². The van der Waals surface area contributed by atoms with Crippen molar-refractivity contribution < 1.29 is 8.81 Å². The van der Waals surface area contributed by atoms with E-state index in [-0.39, 0.29) is 11.9 Å². The third-order valence-electron chi connectivity index (χ3n) is 4.29. The highest BCUT2D eigenvalue weighted by molar-refractivity contribution is 5.78. The van der Waals surface area contributed by atoms with Crippen molar-refractivity contribution in [2.24, 2.45) is 5.92 Å². The quantitative estimate of drug-likeness (QED) is 0.819. The molecule has 1 aromatic heterocycles. The molecule has 3 heteroatoms. The molecule has 1 aliphatic carbocycles. The van der Waals surface area contributed by atoms with E-state index in [1.807, 2.05) is 12.1 Å². The van der Waals surface area contributed by atoms with E-state index in [9.17, 15) is 4.39 Å². The number of rotatable bonds is 6. The van der Waals surface area contributed by atoms with E-state index in [1.165, 1.54) is 25.3 Å². The average Bonchev–Trinajstić information content (AvgIpc) is 2.82. The summed E-state index contributed by atoms with van der Waals surface area (Å²) in [6, 6.07) is 7.30. The number of fused-ring (bicyclic) bond motifs is 1. The van der Waals surface area contributed by atoms with Gasteiger partial charge in [-0.15, -0.1) is 0 Å². The molecule has 1 saturated carbocycles. The summed E-state index contributed by atoms with van der Waals surface area (Å²) in [4.78, 5) is 0. The molecule has 0 amide bonds. The Morgan fingerprint density at radius 3 is 2.90 bits per heavy atom. The molecule has 1 unspecified atom stereocenters. The van der Waals surface area contributed by atoms with Crippen LogP contribution in [0.2, 0.25) is 0 Å². The van der Waals surface area contributed by atoms with E-state index >= 15 is 0 Å². The van der Waals surface area contributed by atoms with Crippen LogP contribution < -0.4 is 5.32 Å². The lowest BCUT2D eigenvalue weighted by Crippen LogP contribution is -2.26. The first-order valence-corrected chi connectivity index (χ1v) is 7.69. The molecule has 20 heavy (non-hydrogen) atoms. The second-order valence-electron chi connectivity index (χ2n) is 5.85. The van der Waals surface area contributed by atoms with Crippen LogP contribution in [0.3, 0.4) is 0 Å². The first kappa shape index (κ1) is 13.6. The number of nitrogens with one attached hydrogen (secondary N) is 1. The van der Waals surface area contributed by atoms with Crippen LogP contribution in [0.5, 0.6) is 0 Å². The van der Waals surface area contributed by atoms with Crippen molar-refractivity contribution in [2.45, 2.75) is 45.1 Å². The van der Waals surface area contributed by atoms with Gasteiger partial charge >= 0.3 is 0 Å². The number of furan rings is 1. The number of hydrogen-bond donors (Lipinski definition) is 1. The summed E-state index contributed by atoms with van der Waals surface area (Å²) in [6.07, 6.45) is 6.18. The molecule has 108 valence electrons. The summed E-state index contributed by atoms with van der Waals surface area (Å²) in [6.45, 7) is 3.13. The fraction of sp³-hybridized carbons (Fsp3) is 0.529. The van der Waals surface area contributed by atoms with Gasteiger partial charge in [0.15, 0.2) is 11.4 Å². The fourth-order valence-electron chi connectivity index (χ4n) is 2.90. The molecule has 0 spiro atoms. The van der Waals surface area contributed by atoms with Crippen molar-refractivity contribution in [3.63, 3.8) is 0 Å².